The first-order chi connectivity index (χ1) is 19.8. The Kier molecular flexibility index (Phi) is 8.33. The van der Waals surface area contributed by atoms with Crippen LogP contribution < -0.4 is 10.1 Å². The molecule has 2 atom stereocenters. The molecule has 4 aromatic rings. The summed E-state index contributed by atoms with van der Waals surface area (Å²) < 4.78 is 61.2. The number of hydrogen-bond donors (Lipinski definition) is 1. The van der Waals surface area contributed by atoms with E-state index in [1.165, 1.54) is 29.2 Å². The van der Waals surface area contributed by atoms with E-state index in [1.807, 2.05) is 30.3 Å². The Morgan fingerprint density at radius 2 is 1.44 bits per heavy atom. The molecule has 41 heavy (non-hydrogen) atoms. The maximum atomic E-state index is 14.3. The van der Waals surface area contributed by atoms with Crippen molar-refractivity contribution < 1.29 is 31.9 Å². The van der Waals surface area contributed by atoms with Crippen molar-refractivity contribution in [2.75, 3.05) is 11.9 Å². The molecule has 1 fully saturated rings. The molecule has 210 valence electrons. The zero-order chi connectivity index (χ0) is 28.9. The van der Waals surface area contributed by atoms with Crippen molar-refractivity contribution in [3.8, 4) is 11.5 Å². The lowest BCUT2D eigenvalue weighted by atomic mass is 9.96. The number of nitrogens with one attached hydrogen (secondary N) is 1. The molecule has 0 aromatic heterocycles. The second-order valence-electron chi connectivity index (χ2n) is 9.92. The van der Waals surface area contributed by atoms with Crippen LogP contribution in [0.2, 0.25) is 0 Å². The summed E-state index contributed by atoms with van der Waals surface area (Å²) in [7, 11) is 0. The van der Waals surface area contributed by atoms with Crippen LogP contribution in [0.5, 0.6) is 11.5 Å². The van der Waals surface area contributed by atoms with Gasteiger partial charge in [-0.25, -0.2) is 17.6 Å². The van der Waals surface area contributed by atoms with Crippen LogP contribution in [0.1, 0.15) is 17.5 Å². The number of amides is 2. The highest BCUT2D eigenvalue weighted by Gasteiger charge is 2.40. The van der Waals surface area contributed by atoms with Gasteiger partial charge in [-0.1, -0.05) is 30.3 Å². The molecule has 0 saturated carbocycles. The second-order valence-corrected chi connectivity index (χ2v) is 9.92. The molecule has 1 N–H and O–H groups in total. The molecule has 1 saturated heterocycles. The molecule has 2 unspecified atom stereocenters. The SMILES string of the molecule is O=C(Nc1ccc(Oc2ccc(F)cc2)cc1)C1CC(Cc2ccccc2)CN1C(=O)Cc1c(F)ccc(F)c1F. The van der Waals surface area contributed by atoms with E-state index in [4.69, 9.17) is 4.74 Å². The van der Waals surface area contributed by atoms with Gasteiger partial charge in [0.15, 0.2) is 11.6 Å². The third-order valence-corrected chi connectivity index (χ3v) is 7.02. The van der Waals surface area contributed by atoms with Gasteiger partial charge in [-0.15, -0.1) is 0 Å². The van der Waals surface area contributed by atoms with Crippen LogP contribution >= 0.6 is 0 Å². The van der Waals surface area contributed by atoms with E-state index in [0.717, 1.165) is 11.6 Å². The van der Waals surface area contributed by atoms with E-state index in [-0.39, 0.29) is 18.3 Å². The average Bonchev–Trinajstić information content (AvgIpc) is 3.40. The summed E-state index contributed by atoms with van der Waals surface area (Å²) >= 11 is 0. The van der Waals surface area contributed by atoms with E-state index >= 15 is 0 Å². The van der Waals surface area contributed by atoms with E-state index in [9.17, 15) is 27.2 Å². The first kappa shape index (κ1) is 27.9. The molecule has 0 bridgehead atoms. The molecule has 4 aromatic carbocycles. The quantitative estimate of drug-likeness (QED) is 0.193. The molecular weight excluding hydrogens is 536 g/mol. The van der Waals surface area contributed by atoms with E-state index < -0.39 is 47.3 Å². The van der Waals surface area contributed by atoms with Gasteiger partial charge < -0.3 is 15.0 Å². The number of ether oxygens (including phenoxy) is 1. The van der Waals surface area contributed by atoms with Gasteiger partial charge in [-0.3, -0.25) is 9.59 Å². The number of hydrogen-bond acceptors (Lipinski definition) is 3. The van der Waals surface area contributed by atoms with Crippen molar-refractivity contribution in [2.24, 2.45) is 5.92 Å². The Hall–Kier alpha value is -4.66. The highest BCUT2D eigenvalue weighted by atomic mass is 19.2. The Morgan fingerprint density at radius 1 is 0.805 bits per heavy atom. The summed E-state index contributed by atoms with van der Waals surface area (Å²) in [6.45, 7) is 0.203. The average molecular weight is 563 g/mol. The number of benzene rings is 4. The fourth-order valence-corrected chi connectivity index (χ4v) is 5.00. The van der Waals surface area contributed by atoms with Gasteiger partial charge >= 0.3 is 0 Å². The number of halogens is 4. The van der Waals surface area contributed by atoms with Crippen LogP contribution in [0.25, 0.3) is 0 Å². The molecule has 5 rings (SSSR count). The van der Waals surface area contributed by atoms with Crippen molar-refractivity contribution >= 4 is 17.5 Å². The molecule has 0 radical (unpaired) electrons. The fourth-order valence-electron chi connectivity index (χ4n) is 5.00. The Morgan fingerprint density at radius 3 is 2.12 bits per heavy atom. The molecule has 1 aliphatic rings. The molecular formula is C32H26F4N2O3. The summed E-state index contributed by atoms with van der Waals surface area (Å²) in [5.41, 5.74) is 0.810. The Bertz CT molecular complexity index is 1530. The van der Waals surface area contributed by atoms with Crippen molar-refractivity contribution in [3.05, 3.63) is 125 Å². The predicted molar refractivity (Wildman–Crippen MR) is 145 cm³/mol. The highest BCUT2D eigenvalue weighted by Crippen LogP contribution is 2.30. The summed E-state index contributed by atoms with van der Waals surface area (Å²) in [6.07, 6.45) is 0.228. The molecule has 2 amide bonds. The summed E-state index contributed by atoms with van der Waals surface area (Å²) in [6, 6.07) is 22.2. The number of carbonyl (C=O) groups excluding carboxylic acids is 2. The van der Waals surface area contributed by atoms with Crippen molar-refractivity contribution in [1.82, 2.24) is 4.90 Å². The monoisotopic (exact) mass is 562 g/mol. The lowest BCUT2D eigenvalue weighted by Gasteiger charge is -2.24. The lowest BCUT2D eigenvalue weighted by Crippen LogP contribution is -2.44. The van der Waals surface area contributed by atoms with Crippen LogP contribution in [0, 0.1) is 29.2 Å². The topological polar surface area (TPSA) is 58.6 Å². The molecule has 1 heterocycles. The molecule has 0 spiro atoms. The lowest BCUT2D eigenvalue weighted by molar-refractivity contribution is -0.136. The van der Waals surface area contributed by atoms with E-state index in [2.05, 4.69) is 5.32 Å². The smallest absolute Gasteiger partial charge is 0.247 e. The number of anilines is 1. The molecule has 9 heteroatoms. The third-order valence-electron chi connectivity index (χ3n) is 7.02. The van der Waals surface area contributed by atoms with Crippen molar-refractivity contribution in [2.45, 2.75) is 25.3 Å². The van der Waals surface area contributed by atoms with Crippen molar-refractivity contribution in [3.63, 3.8) is 0 Å². The zero-order valence-corrected chi connectivity index (χ0v) is 21.8. The molecule has 1 aliphatic heterocycles. The van der Waals surface area contributed by atoms with Gasteiger partial charge in [-0.05, 0) is 85.0 Å². The van der Waals surface area contributed by atoms with Gasteiger partial charge in [0.1, 0.15) is 29.2 Å². The first-order valence-corrected chi connectivity index (χ1v) is 13.1. The minimum Gasteiger partial charge on any atom is -0.457 e. The third kappa shape index (κ3) is 6.74. The summed E-state index contributed by atoms with van der Waals surface area (Å²) in [5.74, 6) is -4.37. The fraction of sp³-hybridized carbons (Fsp3) is 0.188. The first-order valence-electron chi connectivity index (χ1n) is 13.1. The minimum atomic E-state index is -1.41. The molecule has 5 nitrogen and oxygen atoms in total. The Labute approximate surface area is 234 Å². The van der Waals surface area contributed by atoms with Gasteiger partial charge in [-0.2, -0.15) is 0 Å². The maximum absolute atomic E-state index is 14.3. The molecule has 0 aliphatic carbocycles. The van der Waals surface area contributed by atoms with Crippen LogP contribution in [0.3, 0.4) is 0 Å². The number of rotatable bonds is 8. The summed E-state index contributed by atoms with van der Waals surface area (Å²) in [4.78, 5) is 28.0. The Balaban J connectivity index is 1.31. The van der Waals surface area contributed by atoms with Crippen LogP contribution in [-0.4, -0.2) is 29.3 Å². The largest absolute Gasteiger partial charge is 0.457 e. The van der Waals surface area contributed by atoms with Crippen LogP contribution in [0.15, 0.2) is 91.0 Å². The minimum absolute atomic E-state index is 0.0780. The summed E-state index contributed by atoms with van der Waals surface area (Å²) in [5, 5.41) is 2.80. The standard InChI is InChI=1S/C32H26F4N2O3/c33-22-6-10-24(11-7-22)41-25-12-8-23(9-13-25)37-32(40)29-17-21(16-20-4-2-1-3-5-20)19-38(29)30(39)18-26-27(34)14-15-28(35)31(26)36/h1-15,21,29H,16-19H2,(H,37,40). The maximum Gasteiger partial charge on any atom is 0.247 e. The number of likely N-dealkylation sites (tertiary alicyclic amines) is 1. The normalized spacial score (nSPS) is 16.4. The van der Waals surface area contributed by atoms with Crippen LogP contribution in [-0.2, 0) is 22.4 Å². The highest BCUT2D eigenvalue weighted by molar-refractivity contribution is 5.97. The predicted octanol–water partition coefficient (Wildman–Crippen LogP) is 6.68. The van der Waals surface area contributed by atoms with E-state index in [1.54, 1.807) is 24.3 Å². The second kappa shape index (κ2) is 12.2. The van der Waals surface area contributed by atoms with Crippen LogP contribution in [0.4, 0.5) is 23.2 Å². The number of nitrogens with zero attached hydrogens (tertiary/aromatic N) is 1. The number of carbonyl (C=O) groups is 2. The van der Waals surface area contributed by atoms with E-state index in [0.29, 0.717) is 36.1 Å². The van der Waals surface area contributed by atoms with Gasteiger partial charge in [0.05, 0.1) is 6.42 Å². The zero-order valence-electron chi connectivity index (χ0n) is 21.8. The van der Waals surface area contributed by atoms with Gasteiger partial charge in [0.25, 0.3) is 0 Å². The van der Waals surface area contributed by atoms with Crippen molar-refractivity contribution in [1.29, 1.82) is 0 Å². The van der Waals surface area contributed by atoms with Gasteiger partial charge in [0, 0.05) is 17.8 Å². The van der Waals surface area contributed by atoms with Gasteiger partial charge in [0.2, 0.25) is 11.8 Å².